The molecule has 0 aliphatic carbocycles. The van der Waals surface area contributed by atoms with Crippen molar-refractivity contribution in [3.05, 3.63) is 108 Å². The molecule has 3 aromatic rings. The standard InChI is InChI=1S/C22H21NO2S/c1-18-13-15-22(16-14-18)26(24,25)23(17-20-9-5-3-6-10-20)19(2)21-11-7-4-8-12-21/h3-16H,2,17H2,1H3. The molecule has 0 aromatic heterocycles. The second-order valence-corrected chi connectivity index (χ2v) is 7.99. The van der Waals surface area contributed by atoms with Gasteiger partial charge in [-0.1, -0.05) is 84.9 Å². The minimum atomic E-state index is -3.73. The first-order chi connectivity index (χ1) is 12.5. The molecule has 0 N–H and O–H groups in total. The van der Waals surface area contributed by atoms with Crippen LogP contribution in [-0.2, 0) is 16.6 Å². The molecule has 0 atom stereocenters. The molecule has 0 amide bonds. The quantitative estimate of drug-likeness (QED) is 0.627. The lowest BCUT2D eigenvalue weighted by Gasteiger charge is -2.27. The van der Waals surface area contributed by atoms with E-state index in [1.807, 2.05) is 67.6 Å². The molecule has 132 valence electrons. The maximum atomic E-state index is 13.3. The Labute approximate surface area is 155 Å². The van der Waals surface area contributed by atoms with Crippen LogP contribution in [0.25, 0.3) is 5.70 Å². The monoisotopic (exact) mass is 363 g/mol. The molecule has 4 heteroatoms. The number of benzene rings is 3. The minimum absolute atomic E-state index is 0.227. The van der Waals surface area contributed by atoms with Crippen molar-refractivity contribution < 1.29 is 8.42 Å². The van der Waals surface area contributed by atoms with Crippen LogP contribution >= 0.6 is 0 Å². The van der Waals surface area contributed by atoms with Crippen molar-refractivity contribution in [2.45, 2.75) is 18.4 Å². The predicted molar refractivity (Wildman–Crippen MR) is 106 cm³/mol. The molecule has 0 bridgehead atoms. The van der Waals surface area contributed by atoms with Gasteiger partial charge < -0.3 is 0 Å². The lowest BCUT2D eigenvalue weighted by molar-refractivity contribution is 0.508. The Balaban J connectivity index is 2.04. The van der Waals surface area contributed by atoms with E-state index in [2.05, 4.69) is 6.58 Å². The van der Waals surface area contributed by atoms with Gasteiger partial charge in [0.15, 0.2) is 0 Å². The summed E-state index contributed by atoms with van der Waals surface area (Å²) in [5.41, 5.74) is 3.15. The van der Waals surface area contributed by atoms with E-state index in [-0.39, 0.29) is 11.4 Å². The first-order valence-electron chi connectivity index (χ1n) is 8.36. The van der Waals surface area contributed by atoms with E-state index in [4.69, 9.17) is 0 Å². The second-order valence-electron chi connectivity index (χ2n) is 6.12. The summed E-state index contributed by atoms with van der Waals surface area (Å²) in [4.78, 5) is 0.260. The molecule has 0 spiro atoms. The summed E-state index contributed by atoms with van der Waals surface area (Å²) < 4.78 is 28.0. The van der Waals surface area contributed by atoms with E-state index < -0.39 is 10.0 Å². The zero-order chi connectivity index (χ0) is 18.6. The molecule has 3 rings (SSSR count). The molecule has 0 fully saturated rings. The molecular weight excluding hydrogens is 342 g/mol. The van der Waals surface area contributed by atoms with Gasteiger partial charge in [-0.05, 0) is 30.2 Å². The van der Waals surface area contributed by atoms with Crippen molar-refractivity contribution in [2.75, 3.05) is 0 Å². The zero-order valence-electron chi connectivity index (χ0n) is 14.7. The highest BCUT2D eigenvalue weighted by Crippen LogP contribution is 2.28. The van der Waals surface area contributed by atoms with Gasteiger partial charge in [0, 0.05) is 0 Å². The third-order valence-corrected chi connectivity index (χ3v) is 5.98. The van der Waals surface area contributed by atoms with Gasteiger partial charge in [0.05, 0.1) is 17.1 Å². The Bertz CT molecular complexity index is 979. The Hall–Kier alpha value is -2.85. The van der Waals surface area contributed by atoms with Crippen molar-refractivity contribution in [2.24, 2.45) is 0 Å². The van der Waals surface area contributed by atoms with E-state index in [1.54, 1.807) is 24.3 Å². The van der Waals surface area contributed by atoms with Crippen LogP contribution in [0.1, 0.15) is 16.7 Å². The fraction of sp³-hybridized carbons (Fsp3) is 0.0909. The molecule has 0 saturated carbocycles. The van der Waals surface area contributed by atoms with Gasteiger partial charge in [-0.15, -0.1) is 0 Å². The summed E-state index contributed by atoms with van der Waals surface area (Å²) in [5.74, 6) is 0. The van der Waals surface area contributed by atoms with Crippen LogP contribution in [0.2, 0.25) is 0 Å². The number of rotatable bonds is 6. The Kier molecular flexibility index (Phi) is 5.24. The molecule has 3 nitrogen and oxygen atoms in total. The summed E-state index contributed by atoms with van der Waals surface area (Å²) in [5, 5.41) is 0. The van der Waals surface area contributed by atoms with Crippen molar-refractivity contribution in [3.63, 3.8) is 0 Å². The molecule has 3 aromatic carbocycles. The van der Waals surface area contributed by atoms with E-state index in [0.717, 1.165) is 16.7 Å². The fourth-order valence-corrected chi connectivity index (χ4v) is 4.14. The summed E-state index contributed by atoms with van der Waals surface area (Å²) in [6.45, 7) is 6.24. The molecule has 0 aliphatic heterocycles. The lowest BCUT2D eigenvalue weighted by atomic mass is 10.1. The number of nitrogens with zero attached hydrogens (tertiary/aromatic N) is 1. The van der Waals surface area contributed by atoms with Crippen LogP contribution in [0.15, 0.2) is 96.4 Å². The largest absolute Gasteiger partial charge is 0.264 e. The van der Waals surface area contributed by atoms with Crippen molar-refractivity contribution in [3.8, 4) is 0 Å². The lowest BCUT2D eigenvalue weighted by Crippen LogP contribution is -2.29. The maximum absolute atomic E-state index is 13.3. The van der Waals surface area contributed by atoms with Crippen LogP contribution in [-0.4, -0.2) is 12.7 Å². The number of hydrogen-bond acceptors (Lipinski definition) is 2. The van der Waals surface area contributed by atoms with Gasteiger partial charge in [-0.2, -0.15) is 0 Å². The first kappa shape index (κ1) is 18.0. The Morgan fingerprint density at radius 2 is 1.38 bits per heavy atom. The number of hydrogen-bond donors (Lipinski definition) is 0. The predicted octanol–water partition coefficient (Wildman–Crippen LogP) is 4.86. The van der Waals surface area contributed by atoms with Crippen LogP contribution in [0.3, 0.4) is 0 Å². The highest BCUT2D eigenvalue weighted by Gasteiger charge is 2.26. The highest BCUT2D eigenvalue weighted by molar-refractivity contribution is 7.89. The fourth-order valence-electron chi connectivity index (χ4n) is 2.69. The van der Waals surface area contributed by atoms with E-state index in [0.29, 0.717) is 5.70 Å². The van der Waals surface area contributed by atoms with E-state index in [1.165, 1.54) is 4.31 Å². The SMILES string of the molecule is C=C(c1ccccc1)N(Cc1ccccc1)S(=O)(=O)c1ccc(C)cc1. The molecule has 0 heterocycles. The Morgan fingerprint density at radius 3 is 1.96 bits per heavy atom. The van der Waals surface area contributed by atoms with Crippen LogP contribution in [0.4, 0.5) is 0 Å². The van der Waals surface area contributed by atoms with Gasteiger partial charge in [0.2, 0.25) is 0 Å². The van der Waals surface area contributed by atoms with Crippen molar-refractivity contribution in [1.29, 1.82) is 0 Å². The molecule has 0 unspecified atom stereocenters. The van der Waals surface area contributed by atoms with Gasteiger partial charge in [-0.25, -0.2) is 8.42 Å². The summed E-state index contributed by atoms with van der Waals surface area (Å²) in [6, 6.07) is 25.8. The number of sulfonamides is 1. The Morgan fingerprint density at radius 1 is 0.846 bits per heavy atom. The third-order valence-electron chi connectivity index (χ3n) is 4.19. The average Bonchev–Trinajstić information content (AvgIpc) is 2.67. The van der Waals surface area contributed by atoms with Gasteiger partial charge in [0.1, 0.15) is 0 Å². The smallest absolute Gasteiger partial charge is 0.262 e. The van der Waals surface area contributed by atoms with E-state index >= 15 is 0 Å². The molecule has 0 radical (unpaired) electrons. The van der Waals surface area contributed by atoms with Crippen LogP contribution in [0.5, 0.6) is 0 Å². The summed E-state index contributed by atoms with van der Waals surface area (Å²) >= 11 is 0. The van der Waals surface area contributed by atoms with Gasteiger partial charge in [0.25, 0.3) is 10.0 Å². The van der Waals surface area contributed by atoms with E-state index in [9.17, 15) is 8.42 Å². The van der Waals surface area contributed by atoms with Crippen LogP contribution in [0, 0.1) is 6.92 Å². The average molecular weight is 363 g/mol. The highest BCUT2D eigenvalue weighted by atomic mass is 32.2. The zero-order valence-corrected chi connectivity index (χ0v) is 15.5. The molecular formula is C22H21NO2S. The first-order valence-corrected chi connectivity index (χ1v) is 9.80. The number of aryl methyl sites for hydroxylation is 1. The van der Waals surface area contributed by atoms with Gasteiger partial charge in [-0.3, -0.25) is 4.31 Å². The normalized spacial score (nSPS) is 11.1. The molecule has 0 aliphatic rings. The summed E-state index contributed by atoms with van der Waals surface area (Å²) in [6.07, 6.45) is 0. The molecule has 0 saturated heterocycles. The van der Waals surface area contributed by atoms with Gasteiger partial charge >= 0.3 is 0 Å². The van der Waals surface area contributed by atoms with Crippen molar-refractivity contribution >= 4 is 15.7 Å². The second kappa shape index (κ2) is 7.58. The molecule has 26 heavy (non-hydrogen) atoms. The topological polar surface area (TPSA) is 37.4 Å². The maximum Gasteiger partial charge on any atom is 0.264 e. The van der Waals surface area contributed by atoms with Crippen molar-refractivity contribution in [1.82, 2.24) is 4.31 Å². The minimum Gasteiger partial charge on any atom is -0.262 e. The third kappa shape index (κ3) is 3.86. The summed E-state index contributed by atoms with van der Waals surface area (Å²) in [7, 11) is -3.73. The van der Waals surface area contributed by atoms with Crippen LogP contribution < -0.4 is 0 Å².